The van der Waals surface area contributed by atoms with Gasteiger partial charge in [-0.15, -0.1) is 11.3 Å². The van der Waals surface area contributed by atoms with Crippen molar-refractivity contribution in [1.29, 1.82) is 0 Å². The number of hydrogen-bond acceptors (Lipinski definition) is 6. The van der Waals surface area contributed by atoms with Crippen molar-refractivity contribution in [3.63, 3.8) is 0 Å². The van der Waals surface area contributed by atoms with E-state index in [1.165, 1.54) is 22.2 Å². The first-order valence-electron chi connectivity index (χ1n) is 8.53. The maximum absolute atomic E-state index is 12.5. The zero-order chi connectivity index (χ0) is 19.0. The molecule has 0 radical (unpaired) electrons. The molecule has 1 N–H and O–H groups in total. The molecular formula is C20H18N4OS2. The van der Waals surface area contributed by atoms with Crippen LogP contribution in [0.5, 0.6) is 0 Å². The highest BCUT2D eigenvalue weighted by atomic mass is 32.2. The van der Waals surface area contributed by atoms with Crippen LogP contribution in [0.1, 0.15) is 16.3 Å². The Hall–Kier alpha value is -2.51. The summed E-state index contributed by atoms with van der Waals surface area (Å²) < 4.78 is 0. The Morgan fingerprint density at radius 1 is 1.15 bits per heavy atom. The van der Waals surface area contributed by atoms with Crippen LogP contribution in [0.25, 0.3) is 21.1 Å². The lowest BCUT2D eigenvalue weighted by Crippen LogP contribution is -2.14. The molecule has 0 fully saturated rings. The number of carbonyl (C=O) groups excluding carboxylic acids is 1. The minimum Gasteiger partial charge on any atom is -0.325 e. The summed E-state index contributed by atoms with van der Waals surface area (Å²) in [5.41, 5.74) is 2.83. The maximum Gasteiger partial charge on any atom is 0.234 e. The van der Waals surface area contributed by atoms with E-state index in [9.17, 15) is 4.79 Å². The van der Waals surface area contributed by atoms with Crippen molar-refractivity contribution < 1.29 is 4.79 Å². The van der Waals surface area contributed by atoms with E-state index in [0.717, 1.165) is 37.7 Å². The summed E-state index contributed by atoms with van der Waals surface area (Å²) in [5, 5.41) is 5.86. The predicted octanol–water partition coefficient (Wildman–Crippen LogP) is 4.90. The SMILES string of the molecule is Cc1nc(SCC(=O)Nc2cccc3ncccc23)c2c(C)c(C)sc2n1. The van der Waals surface area contributed by atoms with Gasteiger partial charge in [0.05, 0.1) is 17.0 Å². The second kappa shape index (κ2) is 7.25. The molecule has 1 aromatic carbocycles. The average Bonchev–Trinajstić information content (AvgIpc) is 2.94. The minimum atomic E-state index is -0.0645. The summed E-state index contributed by atoms with van der Waals surface area (Å²) in [6.07, 6.45) is 1.75. The molecule has 0 aliphatic heterocycles. The van der Waals surface area contributed by atoms with Crippen molar-refractivity contribution in [2.24, 2.45) is 0 Å². The molecule has 1 amide bonds. The number of rotatable bonds is 4. The molecule has 136 valence electrons. The van der Waals surface area contributed by atoms with Crippen LogP contribution in [0.3, 0.4) is 0 Å². The van der Waals surface area contributed by atoms with Crippen molar-refractivity contribution in [3.8, 4) is 0 Å². The molecule has 4 aromatic rings. The van der Waals surface area contributed by atoms with E-state index in [-0.39, 0.29) is 11.7 Å². The zero-order valence-electron chi connectivity index (χ0n) is 15.2. The standard InChI is InChI=1S/C20H18N4OS2/c1-11-12(2)27-20-18(11)19(22-13(3)23-20)26-10-17(25)24-16-8-4-7-15-14(16)6-5-9-21-15/h4-9H,10H2,1-3H3,(H,24,25). The van der Waals surface area contributed by atoms with E-state index < -0.39 is 0 Å². The van der Waals surface area contributed by atoms with Crippen molar-refractivity contribution in [3.05, 3.63) is 52.8 Å². The molecule has 0 spiro atoms. The Labute approximate surface area is 165 Å². The number of amides is 1. The van der Waals surface area contributed by atoms with Crippen LogP contribution >= 0.6 is 23.1 Å². The number of nitrogens with one attached hydrogen (secondary N) is 1. The molecule has 27 heavy (non-hydrogen) atoms. The van der Waals surface area contributed by atoms with Crippen LogP contribution in [0.15, 0.2) is 41.6 Å². The van der Waals surface area contributed by atoms with E-state index in [1.807, 2.05) is 37.3 Å². The van der Waals surface area contributed by atoms with Crippen molar-refractivity contribution in [2.75, 3.05) is 11.1 Å². The summed E-state index contributed by atoms with van der Waals surface area (Å²) in [6, 6.07) is 9.55. The van der Waals surface area contributed by atoms with Crippen LogP contribution < -0.4 is 5.32 Å². The molecule has 0 aliphatic carbocycles. The monoisotopic (exact) mass is 394 g/mol. The summed E-state index contributed by atoms with van der Waals surface area (Å²) in [5.74, 6) is 0.952. The van der Waals surface area contributed by atoms with Crippen LogP contribution in [0.4, 0.5) is 5.69 Å². The maximum atomic E-state index is 12.5. The van der Waals surface area contributed by atoms with E-state index in [4.69, 9.17) is 0 Å². The van der Waals surface area contributed by atoms with E-state index in [0.29, 0.717) is 0 Å². The molecular weight excluding hydrogens is 376 g/mol. The third-order valence-electron chi connectivity index (χ3n) is 4.37. The first kappa shape index (κ1) is 17.9. The van der Waals surface area contributed by atoms with Crippen molar-refractivity contribution in [1.82, 2.24) is 15.0 Å². The normalized spacial score (nSPS) is 11.2. The lowest BCUT2D eigenvalue weighted by molar-refractivity contribution is -0.113. The number of nitrogens with zero attached hydrogens (tertiary/aromatic N) is 3. The largest absolute Gasteiger partial charge is 0.325 e. The number of pyridine rings is 1. The molecule has 0 saturated carbocycles. The molecule has 5 nitrogen and oxygen atoms in total. The zero-order valence-corrected chi connectivity index (χ0v) is 16.9. The highest BCUT2D eigenvalue weighted by Gasteiger charge is 2.15. The predicted molar refractivity (Wildman–Crippen MR) is 113 cm³/mol. The molecule has 3 aromatic heterocycles. The Kier molecular flexibility index (Phi) is 4.80. The third kappa shape index (κ3) is 3.52. The van der Waals surface area contributed by atoms with Crippen molar-refractivity contribution in [2.45, 2.75) is 25.8 Å². The molecule has 7 heteroatoms. The van der Waals surface area contributed by atoms with Crippen molar-refractivity contribution >= 4 is 55.8 Å². The third-order valence-corrected chi connectivity index (χ3v) is 6.44. The van der Waals surface area contributed by atoms with Gasteiger partial charge in [0.2, 0.25) is 5.91 Å². The van der Waals surface area contributed by atoms with Gasteiger partial charge in [0, 0.05) is 21.8 Å². The number of thiophene rings is 1. The molecule has 0 saturated heterocycles. The van der Waals surface area contributed by atoms with Gasteiger partial charge in [0.25, 0.3) is 0 Å². The van der Waals surface area contributed by atoms with Gasteiger partial charge < -0.3 is 5.32 Å². The van der Waals surface area contributed by atoms with E-state index in [1.54, 1.807) is 17.5 Å². The number of fused-ring (bicyclic) bond motifs is 2. The second-order valence-electron chi connectivity index (χ2n) is 6.25. The van der Waals surface area contributed by atoms with Gasteiger partial charge in [0.1, 0.15) is 15.7 Å². The van der Waals surface area contributed by atoms with Gasteiger partial charge in [0.15, 0.2) is 0 Å². The first-order chi connectivity index (χ1) is 13.0. The molecule has 3 heterocycles. The van der Waals surface area contributed by atoms with E-state index >= 15 is 0 Å². The summed E-state index contributed by atoms with van der Waals surface area (Å²) in [4.78, 5) is 28.2. The number of aromatic nitrogens is 3. The number of hydrogen-bond donors (Lipinski definition) is 1. The number of anilines is 1. The summed E-state index contributed by atoms with van der Waals surface area (Å²) in [7, 11) is 0. The topological polar surface area (TPSA) is 67.8 Å². The molecule has 0 aliphatic rings. The minimum absolute atomic E-state index is 0.0645. The number of aryl methyl sites for hydroxylation is 3. The van der Waals surface area contributed by atoms with Gasteiger partial charge in [-0.1, -0.05) is 17.8 Å². The van der Waals surface area contributed by atoms with Gasteiger partial charge in [-0.05, 0) is 50.6 Å². The first-order valence-corrected chi connectivity index (χ1v) is 10.3. The molecule has 0 unspecified atom stereocenters. The van der Waals surface area contributed by atoms with E-state index in [2.05, 4.69) is 34.1 Å². The average molecular weight is 395 g/mol. The highest BCUT2D eigenvalue weighted by Crippen LogP contribution is 2.35. The summed E-state index contributed by atoms with van der Waals surface area (Å²) >= 11 is 3.13. The fraction of sp³-hybridized carbons (Fsp3) is 0.200. The Balaban J connectivity index is 1.55. The van der Waals surface area contributed by atoms with Crippen LogP contribution in [-0.4, -0.2) is 26.6 Å². The Morgan fingerprint density at radius 2 is 2.00 bits per heavy atom. The quantitative estimate of drug-likeness (QED) is 0.394. The van der Waals surface area contributed by atoms with Gasteiger partial charge in [-0.25, -0.2) is 9.97 Å². The fourth-order valence-corrected chi connectivity index (χ4v) is 5.02. The molecule has 0 bridgehead atoms. The second-order valence-corrected chi connectivity index (χ2v) is 8.42. The smallest absolute Gasteiger partial charge is 0.234 e. The Morgan fingerprint density at radius 3 is 2.85 bits per heavy atom. The summed E-state index contributed by atoms with van der Waals surface area (Å²) in [6.45, 7) is 6.06. The van der Waals surface area contributed by atoms with Gasteiger partial charge in [-0.3, -0.25) is 9.78 Å². The number of carbonyl (C=O) groups is 1. The number of benzene rings is 1. The molecule has 0 atom stereocenters. The lowest BCUT2D eigenvalue weighted by atomic mass is 10.2. The van der Waals surface area contributed by atoms with Gasteiger partial charge in [-0.2, -0.15) is 0 Å². The molecule has 4 rings (SSSR count). The highest BCUT2D eigenvalue weighted by molar-refractivity contribution is 8.00. The van der Waals surface area contributed by atoms with Crippen LogP contribution in [0.2, 0.25) is 0 Å². The lowest BCUT2D eigenvalue weighted by Gasteiger charge is -2.09. The number of thioether (sulfide) groups is 1. The van der Waals surface area contributed by atoms with Crippen LogP contribution in [0, 0.1) is 20.8 Å². The Bertz CT molecular complexity index is 1160. The van der Waals surface area contributed by atoms with Crippen LogP contribution in [-0.2, 0) is 4.79 Å². The van der Waals surface area contributed by atoms with Gasteiger partial charge >= 0.3 is 0 Å². The fourth-order valence-electron chi connectivity index (χ4n) is 2.95.